The Morgan fingerprint density at radius 3 is 1.82 bits per heavy atom. The van der Waals surface area contributed by atoms with Gasteiger partial charge in [0.1, 0.15) is 17.1 Å². The summed E-state index contributed by atoms with van der Waals surface area (Å²) in [4.78, 5) is 55.4. The summed E-state index contributed by atoms with van der Waals surface area (Å²) in [6.07, 6.45) is 6.60. The van der Waals surface area contributed by atoms with Crippen molar-refractivity contribution in [3.63, 3.8) is 0 Å². The van der Waals surface area contributed by atoms with E-state index in [2.05, 4.69) is 36.4 Å². The Kier molecular flexibility index (Phi) is 15.5. The SMILES string of the molecule is CC(=O)Nc1cc(C(=O)Nc2cc(C(=O)Nc3cc(C(=O)NCCCN(C)C)n(C)c3)n(CCCNCCN(CCN)CCN)c2)n(C)c1. The minimum Gasteiger partial charge on any atom is -0.351 e. The van der Waals surface area contributed by atoms with Crippen molar-refractivity contribution < 1.29 is 19.2 Å². The second-order valence-corrected chi connectivity index (χ2v) is 12.3. The van der Waals surface area contributed by atoms with Crippen molar-refractivity contribution in [1.82, 2.24) is 34.1 Å². The minimum atomic E-state index is -0.395. The van der Waals surface area contributed by atoms with E-state index in [0.717, 1.165) is 45.6 Å². The molecule has 0 atom stereocenters. The molecule has 0 aliphatic heterocycles. The molecule has 0 aromatic carbocycles. The number of aryl methyl sites for hydroxylation is 3. The molecular weight excluding hydrogens is 628 g/mol. The van der Waals surface area contributed by atoms with Crippen molar-refractivity contribution in [2.45, 2.75) is 26.3 Å². The Morgan fingerprint density at radius 1 is 0.673 bits per heavy atom. The van der Waals surface area contributed by atoms with Crippen molar-refractivity contribution in [3.8, 4) is 0 Å². The van der Waals surface area contributed by atoms with E-state index in [1.165, 1.54) is 6.92 Å². The molecule has 16 heteroatoms. The van der Waals surface area contributed by atoms with Gasteiger partial charge in [-0.3, -0.25) is 24.1 Å². The first kappa shape index (κ1) is 39.0. The molecule has 0 spiro atoms. The maximum absolute atomic E-state index is 13.6. The number of rotatable bonds is 21. The van der Waals surface area contributed by atoms with Crippen molar-refractivity contribution >= 4 is 40.7 Å². The van der Waals surface area contributed by atoms with Crippen LogP contribution in [0.3, 0.4) is 0 Å². The molecule has 3 rings (SSSR count). The molecule has 270 valence electrons. The third-order valence-corrected chi connectivity index (χ3v) is 7.76. The molecule has 9 N–H and O–H groups in total. The fourth-order valence-corrected chi connectivity index (χ4v) is 5.39. The van der Waals surface area contributed by atoms with Gasteiger partial charge < -0.3 is 56.7 Å². The predicted molar refractivity (Wildman–Crippen MR) is 193 cm³/mol. The van der Waals surface area contributed by atoms with E-state index in [-0.39, 0.29) is 17.7 Å². The Hall–Kier alpha value is -4.48. The molecule has 0 saturated carbocycles. The standard InChI is InChI=1S/C33H54N12O4/c1-24(46)38-25-18-29(43(5)21-25)32(48)40-27-20-30(45(23-27)14-6-10-36-12-17-44(15-8-34)16-9-35)33(49)39-26-19-28(42(4)22-26)31(47)37-11-7-13-41(2)3/h18-23,36H,6-17,34-35H2,1-5H3,(H,37,47)(H,38,46)(H,39,49)(H,40,48). The van der Waals surface area contributed by atoms with Gasteiger partial charge in [-0.1, -0.05) is 0 Å². The van der Waals surface area contributed by atoms with Crippen LogP contribution in [0.2, 0.25) is 0 Å². The molecule has 3 aromatic heterocycles. The van der Waals surface area contributed by atoms with E-state index in [0.29, 0.717) is 66.9 Å². The van der Waals surface area contributed by atoms with E-state index in [4.69, 9.17) is 11.5 Å². The largest absolute Gasteiger partial charge is 0.351 e. The molecule has 0 radical (unpaired) electrons. The monoisotopic (exact) mass is 682 g/mol. The fraction of sp³-hybridized carbons (Fsp3) is 0.515. The second-order valence-electron chi connectivity index (χ2n) is 12.3. The lowest BCUT2D eigenvalue weighted by Gasteiger charge is -2.20. The van der Waals surface area contributed by atoms with Gasteiger partial charge in [-0.15, -0.1) is 0 Å². The van der Waals surface area contributed by atoms with Crippen molar-refractivity contribution in [2.75, 3.05) is 88.9 Å². The first-order valence-corrected chi connectivity index (χ1v) is 16.6. The van der Waals surface area contributed by atoms with E-state index in [1.54, 1.807) is 64.6 Å². The summed E-state index contributed by atoms with van der Waals surface area (Å²) in [5.74, 6) is -1.25. The van der Waals surface area contributed by atoms with Crippen LogP contribution in [0.15, 0.2) is 36.8 Å². The Balaban J connectivity index is 1.71. The second kappa shape index (κ2) is 19.5. The van der Waals surface area contributed by atoms with Crippen molar-refractivity contribution in [2.24, 2.45) is 25.6 Å². The van der Waals surface area contributed by atoms with Crippen LogP contribution < -0.4 is 38.1 Å². The molecular formula is C33H54N12O4. The van der Waals surface area contributed by atoms with Crippen LogP contribution in [-0.2, 0) is 25.4 Å². The average molecular weight is 683 g/mol. The highest BCUT2D eigenvalue weighted by Crippen LogP contribution is 2.21. The number of carbonyl (C=O) groups is 4. The van der Waals surface area contributed by atoms with Crippen LogP contribution in [0.25, 0.3) is 0 Å². The molecule has 16 nitrogen and oxygen atoms in total. The fourth-order valence-electron chi connectivity index (χ4n) is 5.39. The molecule has 0 unspecified atom stereocenters. The zero-order chi connectivity index (χ0) is 35.9. The quantitative estimate of drug-likeness (QED) is 0.0782. The number of nitrogens with two attached hydrogens (primary N) is 2. The molecule has 0 saturated heterocycles. The van der Waals surface area contributed by atoms with Gasteiger partial charge in [0.15, 0.2) is 0 Å². The zero-order valence-corrected chi connectivity index (χ0v) is 29.5. The number of nitrogens with zero attached hydrogens (tertiary/aromatic N) is 5. The highest BCUT2D eigenvalue weighted by molar-refractivity contribution is 6.07. The minimum absolute atomic E-state index is 0.223. The number of anilines is 3. The van der Waals surface area contributed by atoms with E-state index in [9.17, 15) is 19.2 Å². The molecule has 3 aromatic rings. The third kappa shape index (κ3) is 12.5. The van der Waals surface area contributed by atoms with Gasteiger partial charge in [0, 0.05) is 92.0 Å². The highest BCUT2D eigenvalue weighted by Gasteiger charge is 2.20. The van der Waals surface area contributed by atoms with Crippen LogP contribution in [0.4, 0.5) is 17.1 Å². The van der Waals surface area contributed by atoms with Crippen LogP contribution in [-0.4, -0.2) is 120 Å². The highest BCUT2D eigenvalue weighted by atomic mass is 16.2. The van der Waals surface area contributed by atoms with Crippen LogP contribution in [0, 0.1) is 0 Å². The maximum Gasteiger partial charge on any atom is 0.272 e. The van der Waals surface area contributed by atoms with Crippen LogP contribution in [0.5, 0.6) is 0 Å². The van der Waals surface area contributed by atoms with Gasteiger partial charge >= 0.3 is 0 Å². The number of aromatic nitrogens is 3. The summed E-state index contributed by atoms with van der Waals surface area (Å²) in [5, 5.41) is 14.8. The maximum atomic E-state index is 13.6. The lowest BCUT2D eigenvalue weighted by molar-refractivity contribution is -0.114. The van der Waals surface area contributed by atoms with Gasteiger partial charge in [0.25, 0.3) is 17.7 Å². The van der Waals surface area contributed by atoms with E-state index < -0.39 is 5.91 Å². The lowest BCUT2D eigenvalue weighted by atomic mass is 10.3. The summed E-state index contributed by atoms with van der Waals surface area (Å²) < 4.78 is 5.09. The average Bonchev–Trinajstić information content (AvgIpc) is 3.72. The third-order valence-electron chi connectivity index (χ3n) is 7.76. The van der Waals surface area contributed by atoms with Crippen LogP contribution >= 0.6 is 0 Å². The molecule has 0 aliphatic rings. The summed E-state index contributed by atoms with van der Waals surface area (Å²) in [6.45, 7) is 8.35. The summed E-state index contributed by atoms with van der Waals surface area (Å²) in [6, 6.07) is 4.84. The Morgan fingerprint density at radius 2 is 1.22 bits per heavy atom. The molecule has 0 aliphatic carbocycles. The normalized spacial score (nSPS) is 11.3. The summed E-state index contributed by atoms with van der Waals surface area (Å²) in [5.41, 5.74) is 13.9. The number of amides is 4. The lowest BCUT2D eigenvalue weighted by Crippen LogP contribution is -2.38. The molecule has 4 amide bonds. The topological polar surface area (TPSA) is 202 Å². The molecule has 0 bridgehead atoms. The van der Waals surface area contributed by atoms with Crippen molar-refractivity contribution in [1.29, 1.82) is 0 Å². The van der Waals surface area contributed by atoms with Crippen molar-refractivity contribution in [3.05, 3.63) is 53.9 Å². The van der Waals surface area contributed by atoms with Gasteiger partial charge in [0.2, 0.25) is 5.91 Å². The Labute approximate surface area is 288 Å². The number of carbonyl (C=O) groups excluding carboxylic acids is 4. The van der Waals surface area contributed by atoms with Gasteiger partial charge in [0.05, 0.1) is 17.1 Å². The van der Waals surface area contributed by atoms with Gasteiger partial charge in [-0.2, -0.15) is 0 Å². The smallest absolute Gasteiger partial charge is 0.272 e. The predicted octanol–water partition coefficient (Wildman–Crippen LogP) is 0.509. The summed E-state index contributed by atoms with van der Waals surface area (Å²) >= 11 is 0. The zero-order valence-electron chi connectivity index (χ0n) is 29.5. The van der Waals surface area contributed by atoms with E-state index >= 15 is 0 Å². The number of hydrogen-bond donors (Lipinski definition) is 7. The number of nitrogens with one attached hydrogen (secondary N) is 5. The molecule has 49 heavy (non-hydrogen) atoms. The van der Waals surface area contributed by atoms with E-state index in [1.807, 2.05) is 14.1 Å². The van der Waals surface area contributed by atoms with Gasteiger partial charge in [-0.25, -0.2) is 0 Å². The Bertz CT molecular complexity index is 1530. The van der Waals surface area contributed by atoms with Gasteiger partial charge in [-0.05, 0) is 58.2 Å². The summed E-state index contributed by atoms with van der Waals surface area (Å²) in [7, 11) is 7.42. The number of hydrogen-bond acceptors (Lipinski definition) is 9. The first-order valence-electron chi connectivity index (χ1n) is 16.6. The first-order chi connectivity index (χ1) is 23.4. The van der Waals surface area contributed by atoms with Crippen LogP contribution in [0.1, 0.15) is 51.2 Å². The molecule has 3 heterocycles. The molecule has 0 fully saturated rings.